The molecule has 1 aliphatic heterocycles. The summed E-state index contributed by atoms with van der Waals surface area (Å²) >= 11 is 0. The van der Waals surface area contributed by atoms with Gasteiger partial charge in [-0.1, -0.05) is 0 Å². The molecule has 8 nitrogen and oxygen atoms in total. The zero-order valence-corrected chi connectivity index (χ0v) is 10.8. The highest BCUT2D eigenvalue weighted by atomic mass is 16.6. The number of nitro groups is 1. The minimum Gasteiger partial charge on any atom is -0.388 e. The molecule has 4 N–H and O–H groups in total. The molecule has 2 rings (SSSR count). The molecule has 1 aromatic rings. The van der Waals surface area contributed by atoms with Crippen LogP contribution < -0.4 is 5.32 Å². The van der Waals surface area contributed by atoms with Crippen molar-refractivity contribution >= 4 is 11.4 Å². The first-order valence-corrected chi connectivity index (χ1v) is 6.07. The van der Waals surface area contributed by atoms with Gasteiger partial charge in [0.25, 0.3) is 5.69 Å². The van der Waals surface area contributed by atoms with E-state index in [9.17, 15) is 25.4 Å². The number of benzene rings is 1. The van der Waals surface area contributed by atoms with E-state index in [1.165, 1.54) is 18.2 Å². The maximum absolute atomic E-state index is 10.6. The van der Waals surface area contributed by atoms with Crippen molar-refractivity contribution in [3.63, 3.8) is 0 Å². The van der Waals surface area contributed by atoms with E-state index < -0.39 is 29.5 Å². The van der Waals surface area contributed by atoms with E-state index in [4.69, 9.17) is 4.74 Å². The summed E-state index contributed by atoms with van der Waals surface area (Å²) in [5.41, 5.74) is 1.12. The Balaban J connectivity index is 2.12. The van der Waals surface area contributed by atoms with Crippen LogP contribution >= 0.6 is 0 Å². The van der Waals surface area contributed by atoms with Crippen LogP contribution in [-0.2, 0) is 4.74 Å². The molecule has 1 heterocycles. The number of aryl methyl sites for hydroxylation is 1. The van der Waals surface area contributed by atoms with Gasteiger partial charge in [-0.2, -0.15) is 0 Å². The molecule has 20 heavy (non-hydrogen) atoms. The molecule has 1 fully saturated rings. The molecule has 0 spiro atoms. The highest BCUT2D eigenvalue weighted by molar-refractivity contribution is 5.55. The molecular weight excluding hydrogens is 268 g/mol. The maximum atomic E-state index is 10.6. The Hall–Kier alpha value is -1.74. The largest absolute Gasteiger partial charge is 0.388 e. The van der Waals surface area contributed by atoms with Gasteiger partial charge in [0.2, 0.25) is 0 Å². The maximum Gasteiger partial charge on any atom is 0.269 e. The number of aliphatic hydroxyl groups is 3. The zero-order valence-electron chi connectivity index (χ0n) is 10.8. The van der Waals surface area contributed by atoms with Crippen LogP contribution in [0.15, 0.2) is 18.2 Å². The zero-order chi connectivity index (χ0) is 14.9. The summed E-state index contributed by atoms with van der Waals surface area (Å²) in [4.78, 5) is 10.1. The molecule has 0 bridgehead atoms. The average molecular weight is 284 g/mol. The summed E-state index contributed by atoms with van der Waals surface area (Å²) in [6.07, 6.45) is -4.64. The van der Waals surface area contributed by atoms with E-state index >= 15 is 0 Å². The average Bonchev–Trinajstić information content (AvgIpc) is 2.41. The summed E-state index contributed by atoms with van der Waals surface area (Å²) in [7, 11) is 0. The van der Waals surface area contributed by atoms with Crippen molar-refractivity contribution in [2.75, 3.05) is 11.9 Å². The Bertz CT molecular complexity index is 509. The van der Waals surface area contributed by atoms with E-state index in [-0.39, 0.29) is 12.3 Å². The van der Waals surface area contributed by atoms with Gasteiger partial charge in [0, 0.05) is 17.8 Å². The summed E-state index contributed by atoms with van der Waals surface area (Å²) in [6, 6.07) is 4.22. The number of ether oxygens (including phenoxy) is 1. The quantitative estimate of drug-likeness (QED) is 0.445. The number of hydrogen-bond acceptors (Lipinski definition) is 7. The summed E-state index contributed by atoms with van der Waals surface area (Å²) in [5.74, 6) is 0. The second-order valence-corrected chi connectivity index (χ2v) is 4.70. The lowest BCUT2D eigenvalue weighted by molar-refractivity contribution is -0.384. The normalized spacial score (nSPS) is 30.0. The lowest BCUT2D eigenvalue weighted by atomic mass is 10.0. The van der Waals surface area contributed by atoms with Gasteiger partial charge in [0.05, 0.1) is 11.5 Å². The third-order valence-corrected chi connectivity index (χ3v) is 3.22. The highest BCUT2D eigenvalue weighted by Crippen LogP contribution is 2.24. The van der Waals surface area contributed by atoms with E-state index in [1.54, 1.807) is 6.92 Å². The molecule has 0 aromatic heterocycles. The number of nitrogens with one attached hydrogen (secondary N) is 1. The van der Waals surface area contributed by atoms with Gasteiger partial charge in [-0.3, -0.25) is 10.1 Å². The Morgan fingerprint density at radius 1 is 1.35 bits per heavy atom. The van der Waals surface area contributed by atoms with Crippen molar-refractivity contribution < 1.29 is 25.0 Å². The third kappa shape index (κ3) is 2.88. The van der Waals surface area contributed by atoms with Crippen molar-refractivity contribution in [1.82, 2.24) is 0 Å². The predicted octanol–water partition coefficient (Wildman–Crippen LogP) is -0.246. The van der Waals surface area contributed by atoms with Gasteiger partial charge in [0.1, 0.15) is 18.3 Å². The Morgan fingerprint density at radius 2 is 2.05 bits per heavy atom. The molecule has 110 valence electrons. The third-order valence-electron chi connectivity index (χ3n) is 3.22. The number of non-ortho nitro benzene ring substituents is 1. The number of nitro benzene ring substituents is 1. The predicted molar refractivity (Wildman–Crippen MR) is 69.2 cm³/mol. The van der Waals surface area contributed by atoms with Crippen molar-refractivity contribution in [3.05, 3.63) is 33.9 Å². The lowest BCUT2D eigenvalue weighted by Crippen LogP contribution is -2.55. The van der Waals surface area contributed by atoms with Gasteiger partial charge in [-0.25, -0.2) is 0 Å². The van der Waals surface area contributed by atoms with Crippen LogP contribution in [0.2, 0.25) is 0 Å². The van der Waals surface area contributed by atoms with Crippen molar-refractivity contribution in [1.29, 1.82) is 0 Å². The second kappa shape index (κ2) is 5.71. The number of anilines is 1. The van der Waals surface area contributed by atoms with E-state index in [1.807, 2.05) is 0 Å². The monoisotopic (exact) mass is 284 g/mol. The minimum atomic E-state index is -1.31. The SMILES string of the molecule is Cc1cc([N+](=O)[O-])ccc1N[C@@H]1OC[C@@H](O)[C@@H](O)[C@H]1O. The first kappa shape index (κ1) is 14.7. The number of aliphatic hydroxyl groups excluding tert-OH is 3. The molecule has 8 heteroatoms. The summed E-state index contributed by atoms with van der Waals surface area (Å²) in [6.45, 7) is 1.57. The number of rotatable bonds is 3. The second-order valence-electron chi connectivity index (χ2n) is 4.70. The van der Waals surface area contributed by atoms with Crippen LogP contribution in [0.4, 0.5) is 11.4 Å². The number of nitrogens with zero attached hydrogens (tertiary/aromatic N) is 1. The van der Waals surface area contributed by atoms with Crippen LogP contribution in [-0.4, -0.2) is 51.4 Å². The van der Waals surface area contributed by atoms with Gasteiger partial charge < -0.3 is 25.4 Å². The van der Waals surface area contributed by atoms with Crippen LogP contribution in [0.5, 0.6) is 0 Å². The molecule has 0 aliphatic carbocycles. The van der Waals surface area contributed by atoms with Crippen molar-refractivity contribution in [2.45, 2.75) is 31.5 Å². The van der Waals surface area contributed by atoms with Crippen molar-refractivity contribution in [3.8, 4) is 0 Å². The fourth-order valence-electron chi connectivity index (χ4n) is 2.01. The topological polar surface area (TPSA) is 125 Å². The molecule has 1 aliphatic rings. The lowest BCUT2D eigenvalue weighted by Gasteiger charge is -2.36. The summed E-state index contributed by atoms with van der Waals surface area (Å²) < 4.78 is 5.20. The highest BCUT2D eigenvalue weighted by Gasteiger charge is 2.37. The molecule has 0 amide bonds. The molecule has 0 radical (unpaired) electrons. The molecule has 1 aromatic carbocycles. The van der Waals surface area contributed by atoms with E-state index in [2.05, 4.69) is 5.32 Å². The van der Waals surface area contributed by atoms with Gasteiger partial charge in [0.15, 0.2) is 6.23 Å². The van der Waals surface area contributed by atoms with E-state index in [0.717, 1.165) is 0 Å². The Kier molecular flexibility index (Phi) is 4.19. The van der Waals surface area contributed by atoms with Gasteiger partial charge >= 0.3 is 0 Å². The number of hydrogen-bond donors (Lipinski definition) is 4. The Morgan fingerprint density at radius 3 is 2.65 bits per heavy atom. The molecule has 0 saturated carbocycles. The fourth-order valence-corrected chi connectivity index (χ4v) is 2.01. The minimum absolute atomic E-state index is 0.0337. The van der Waals surface area contributed by atoms with Crippen LogP contribution in [0.25, 0.3) is 0 Å². The first-order valence-electron chi connectivity index (χ1n) is 6.07. The van der Waals surface area contributed by atoms with Gasteiger partial charge in [-0.05, 0) is 18.6 Å². The molecular formula is C12H16N2O6. The molecule has 4 atom stereocenters. The summed E-state index contributed by atoms with van der Waals surface area (Å²) in [5, 5.41) is 42.2. The fraction of sp³-hybridized carbons (Fsp3) is 0.500. The van der Waals surface area contributed by atoms with E-state index in [0.29, 0.717) is 11.3 Å². The van der Waals surface area contributed by atoms with Crippen LogP contribution in [0.1, 0.15) is 5.56 Å². The Labute approximate surface area is 114 Å². The standard InChI is InChI=1S/C12H16N2O6/c1-6-4-7(14(18)19)2-3-8(6)13-12-11(17)10(16)9(15)5-20-12/h2-4,9-13,15-17H,5H2,1H3/t9-,10-,11-,12-/m1/s1. The first-order chi connectivity index (χ1) is 9.40. The smallest absolute Gasteiger partial charge is 0.269 e. The van der Waals surface area contributed by atoms with Crippen molar-refractivity contribution in [2.24, 2.45) is 0 Å². The van der Waals surface area contributed by atoms with Crippen LogP contribution in [0, 0.1) is 17.0 Å². The van der Waals surface area contributed by atoms with Crippen LogP contribution in [0.3, 0.4) is 0 Å². The van der Waals surface area contributed by atoms with Gasteiger partial charge in [-0.15, -0.1) is 0 Å². The molecule has 0 unspecified atom stereocenters. The molecule has 1 saturated heterocycles.